The second kappa shape index (κ2) is 17.8. The van der Waals surface area contributed by atoms with E-state index in [-0.39, 0.29) is 44.0 Å². The Morgan fingerprint density at radius 3 is 1.92 bits per heavy atom. The molecule has 258 valence electrons. The summed E-state index contributed by atoms with van der Waals surface area (Å²) in [7, 11) is 0. The number of rotatable bonds is 18. The number of ether oxygens (including phenoxy) is 6. The lowest BCUT2D eigenvalue weighted by Gasteiger charge is -2.23. The Kier molecular flexibility index (Phi) is 13.0. The van der Waals surface area contributed by atoms with E-state index in [1.165, 1.54) is 0 Å². The van der Waals surface area contributed by atoms with Crippen LogP contribution < -0.4 is 14.8 Å². The van der Waals surface area contributed by atoms with Gasteiger partial charge in [0.1, 0.15) is 13.2 Å². The van der Waals surface area contributed by atoms with Crippen LogP contribution in [0.25, 0.3) is 0 Å². The van der Waals surface area contributed by atoms with E-state index in [2.05, 4.69) is 5.32 Å². The Bertz CT molecular complexity index is 1590. The first-order chi connectivity index (χ1) is 23.8. The highest BCUT2D eigenvalue weighted by Gasteiger charge is 2.59. The highest BCUT2D eigenvalue weighted by Crippen LogP contribution is 2.41. The third kappa shape index (κ3) is 10.3. The predicted octanol–water partition coefficient (Wildman–Crippen LogP) is 5.58. The van der Waals surface area contributed by atoms with Gasteiger partial charge in [-0.05, 0) is 59.9 Å². The fourth-order valence-electron chi connectivity index (χ4n) is 5.10. The second-order valence-corrected chi connectivity index (χ2v) is 12.0. The molecule has 49 heavy (non-hydrogen) atoms. The molecule has 4 aromatic carbocycles. The lowest BCUT2D eigenvalue weighted by Crippen LogP contribution is -2.56. The topological polar surface area (TPSA) is 122 Å². The van der Waals surface area contributed by atoms with Crippen LogP contribution in [-0.4, -0.2) is 61.8 Å². The number of carbonyl (C=O) groups excluding carboxylic acids is 2. The average Bonchev–Trinajstić information content (AvgIpc) is 3.51. The molecule has 0 bridgehead atoms. The van der Waals surface area contributed by atoms with E-state index in [0.29, 0.717) is 31.2 Å². The molecule has 4 aromatic rings. The quantitative estimate of drug-likeness (QED) is 0.0778. The minimum atomic E-state index is -2.50. The van der Waals surface area contributed by atoms with Crippen molar-refractivity contribution in [3.63, 3.8) is 0 Å². The van der Waals surface area contributed by atoms with Gasteiger partial charge in [-0.3, -0.25) is 0 Å². The van der Waals surface area contributed by atoms with Crippen LogP contribution in [0.5, 0.6) is 11.5 Å². The van der Waals surface area contributed by atoms with Gasteiger partial charge in [-0.25, -0.2) is 9.59 Å². The minimum Gasteiger partial charge on any atom is -0.457 e. The number of carbonyl (C=O) groups is 2. The van der Waals surface area contributed by atoms with Crippen LogP contribution in [0.2, 0.25) is 5.02 Å². The second-order valence-electron chi connectivity index (χ2n) is 11.5. The van der Waals surface area contributed by atoms with E-state index in [9.17, 15) is 14.7 Å². The summed E-state index contributed by atoms with van der Waals surface area (Å²) in [5, 5.41) is 14.5. The fraction of sp³-hybridized carbons (Fsp3) is 0.316. The normalized spacial score (nSPS) is 14.2. The Hall–Kier alpha value is -4.45. The molecule has 0 fully saturated rings. The summed E-state index contributed by atoms with van der Waals surface area (Å²) in [4.78, 5) is 26.9. The number of esters is 2. The number of aliphatic hydroxyl groups excluding tert-OH is 1. The highest BCUT2D eigenvalue weighted by molar-refractivity contribution is 6.30. The molecule has 2 N–H and O–H groups in total. The van der Waals surface area contributed by atoms with E-state index in [1.54, 1.807) is 30.3 Å². The van der Waals surface area contributed by atoms with Crippen LogP contribution in [0.15, 0.2) is 103 Å². The number of hydrogen-bond acceptors (Lipinski definition) is 10. The van der Waals surface area contributed by atoms with Gasteiger partial charge in [-0.1, -0.05) is 90.5 Å². The molecule has 5 rings (SSSR count). The number of halogens is 1. The number of aliphatic hydroxyl groups is 1. The van der Waals surface area contributed by atoms with Crippen molar-refractivity contribution < 1.29 is 43.1 Å². The van der Waals surface area contributed by atoms with Crippen molar-refractivity contribution in [3.05, 3.63) is 130 Å². The Labute approximate surface area is 290 Å². The number of hydrogen-bond donors (Lipinski definition) is 2. The third-order valence-corrected chi connectivity index (χ3v) is 7.87. The molecule has 11 heteroatoms. The van der Waals surface area contributed by atoms with E-state index in [4.69, 9.17) is 40.0 Å². The van der Waals surface area contributed by atoms with Gasteiger partial charge in [0.25, 0.3) is 0 Å². The van der Waals surface area contributed by atoms with Crippen LogP contribution >= 0.6 is 11.6 Å². The minimum absolute atomic E-state index is 0.0411. The van der Waals surface area contributed by atoms with Gasteiger partial charge in [0, 0.05) is 17.6 Å². The standard InChI is InChI=1S/C38H40ClNO9/c1-27(40-24-33(41)31-13-8-14-32(39)23-31)21-30-15-16-34-35(22-30)49-38(48-34,36(42)46-19-17-44-25-28-9-4-2-5-10-28)37(43)47-20-18-45-26-29-11-6-3-7-12-29/h2-16,22-23,27,33,40-41H,17-21,24-26H2,1H3/t27-,33+/m1/s1. The Balaban J connectivity index is 1.18. The molecule has 0 spiro atoms. The van der Waals surface area contributed by atoms with Crippen molar-refractivity contribution in [1.29, 1.82) is 0 Å². The SMILES string of the molecule is C[C@H](Cc1ccc2c(c1)OC(C(=O)OCCOCc1ccccc1)(C(=O)OCCOCc1ccccc1)O2)NC[C@H](O)c1cccc(Cl)c1. The molecule has 1 aliphatic rings. The van der Waals surface area contributed by atoms with Gasteiger partial charge in [0.2, 0.25) is 0 Å². The number of nitrogens with one attached hydrogen (secondary N) is 1. The first-order valence-electron chi connectivity index (χ1n) is 16.1. The first-order valence-corrected chi connectivity index (χ1v) is 16.5. The van der Waals surface area contributed by atoms with Crippen molar-refractivity contribution in [1.82, 2.24) is 5.32 Å². The van der Waals surface area contributed by atoms with E-state index >= 15 is 0 Å². The summed E-state index contributed by atoms with van der Waals surface area (Å²) in [5.74, 6) is -4.23. The molecule has 0 amide bonds. The van der Waals surface area contributed by atoms with Gasteiger partial charge in [0.15, 0.2) is 11.5 Å². The molecule has 1 aliphatic heterocycles. The van der Waals surface area contributed by atoms with Crippen LogP contribution in [-0.2, 0) is 48.2 Å². The fourth-order valence-corrected chi connectivity index (χ4v) is 5.30. The third-order valence-electron chi connectivity index (χ3n) is 7.63. The van der Waals surface area contributed by atoms with Crippen molar-refractivity contribution in [2.45, 2.75) is 44.5 Å². The molecular weight excluding hydrogens is 650 g/mol. The van der Waals surface area contributed by atoms with Crippen LogP contribution in [0.1, 0.15) is 35.3 Å². The summed E-state index contributed by atoms with van der Waals surface area (Å²) >= 11 is 6.06. The zero-order chi connectivity index (χ0) is 34.5. The number of benzene rings is 4. The molecule has 0 unspecified atom stereocenters. The molecule has 0 aromatic heterocycles. The summed E-state index contributed by atoms with van der Waals surface area (Å²) in [6.45, 7) is 2.87. The summed E-state index contributed by atoms with van der Waals surface area (Å²) in [6, 6.07) is 31.3. The first kappa shape index (κ1) is 35.8. The molecular formula is C38H40ClNO9. The lowest BCUT2D eigenvalue weighted by molar-refractivity contribution is -0.204. The summed E-state index contributed by atoms with van der Waals surface area (Å²) in [5.41, 5.74) is 3.51. The molecule has 0 radical (unpaired) electrons. The maximum atomic E-state index is 13.4. The maximum absolute atomic E-state index is 13.4. The van der Waals surface area contributed by atoms with Crippen LogP contribution in [0, 0.1) is 0 Å². The highest BCUT2D eigenvalue weighted by atomic mass is 35.5. The summed E-state index contributed by atoms with van der Waals surface area (Å²) < 4.78 is 33.8. The molecule has 0 aliphatic carbocycles. The van der Waals surface area contributed by atoms with Crippen LogP contribution in [0.3, 0.4) is 0 Å². The lowest BCUT2D eigenvalue weighted by atomic mass is 10.1. The Morgan fingerprint density at radius 2 is 1.33 bits per heavy atom. The Morgan fingerprint density at radius 1 is 0.735 bits per heavy atom. The smallest absolute Gasteiger partial charge is 0.453 e. The van der Waals surface area contributed by atoms with E-state index in [1.807, 2.05) is 79.7 Å². The van der Waals surface area contributed by atoms with Gasteiger partial charge < -0.3 is 38.8 Å². The van der Waals surface area contributed by atoms with Gasteiger partial charge in [-0.2, -0.15) is 0 Å². The van der Waals surface area contributed by atoms with E-state index < -0.39 is 23.8 Å². The van der Waals surface area contributed by atoms with Crippen LogP contribution in [0.4, 0.5) is 0 Å². The van der Waals surface area contributed by atoms with E-state index in [0.717, 1.165) is 22.3 Å². The molecule has 0 saturated heterocycles. The predicted molar refractivity (Wildman–Crippen MR) is 182 cm³/mol. The van der Waals surface area contributed by atoms with Crippen molar-refractivity contribution >= 4 is 23.5 Å². The van der Waals surface area contributed by atoms with Gasteiger partial charge in [0.05, 0.1) is 32.5 Å². The average molecular weight is 690 g/mol. The maximum Gasteiger partial charge on any atom is 0.453 e. The van der Waals surface area contributed by atoms with Crippen molar-refractivity contribution in [2.75, 3.05) is 33.0 Å². The summed E-state index contributed by atoms with van der Waals surface area (Å²) in [6.07, 6.45) is -0.179. The largest absolute Gasteiger partial charge is 0.457 e. The number of fused-ring (bicyclic) bond motifs is 1. The van der Waals surface area contributed by atoms with Crippen molar-refractivity contribution in [2.24, 2.45) is 0 Å². The molecule has 1 heterocycles. The molecule has 0 saturated carbocycles. The van der Waals surface area contributed by atoms with Gasteiger partial charge in [-0.15, -0.1) is 0 Å². The zero-order valence-electron chi connectivity index (χ0n) is 27.2. The zero-order valence-corrected chi connectivity index (χ0v) is 28.0. The molecule has 2 atom stereocenters. The van der Waals surface area contributed by atoms with Gasteiger partial charge >= 0.3 is 17.7 Å². The monoisotopic (exact) mass is 689 g/mol. The van der Waals surface area contributed by atoms with Crippen molar-refractivity contribution in [3.8, 4) is 11.5 Å². The molecule has 10 nitrogen and oxygen atoms in total.